The van der Waals surface area contributed by atoms with Crippen LogP contribution in [0.15, 0.2) is 49.1 Å². The number of benzene rings is 1. The minimum atomic E-state index is -0.488. The van der Waals surface area contributed by atoms with Gasteiger partial charge in [-0.05, 0) is 55.9 Å². The molecule has 0 aliphatic carbocycles. The number of hydrogen-bond donors (Lipinski definition) is 1. The zero-order chi connectivity index (χ0) is 21.6. The van der Waals surface area contributed by atoms with E-state index in [0.29, 0.717) is 23.3 Å². The number of anilines is 1. The first-order valence-corrected chi connectivity index (χ1v) is 10.4. The van der Waals surface area contributed by atoms with Gasteiger partial charge >= 0.3 is 6.03 Å². The zero-order valence-corrected chi connectivity index (χ0v) is 17.4. The molecular formula is C23H23FN6O. The molecule has 2 aromatic heterocycles. The maximum atomic E-state index is 13.3. The molecule has 31 heavy (non-hydrogen) atoms. The Morgan fingerprint density at radius 2 is 1.90 bits per heavy atom. The molecule has 1 N–H and O–H groups in total. The van der Waals surface area contributed by atoms with E-state index in [-0.39, 0.29) is 12.1 Å². The quantitative estimate of drug-likeness (QED) is 0.685. The lowest BCUT2D eigenvalue weighted by atomic mass is 9.64. The fraction of sp³-hybridized carbons (Fsp3) is 0.348. The smallest absolute Gasteiger partial charge is 0.308 e. The molecule has 7 nitrogen and oxygen atoms in total. The predicted octanol–water partition coefficient (Wildman–Crippen LogP) is 4.31. The zero-order valence-electron chi connectivity index (χ0n) is 17.4. The van der Waals surface area contributed by atoms with Gasteiger partial charge in [-0.1, -0.05) is 13.0 Å². The minimum Gasteiger partial charge on any atom is -0.308 e. The van der Waals surface area contributed by atoms with Gasteiger partial charge in [0, 0.05) is 29.7 Å². The average Bonchev–Trinajstić information content (AvgIpc) is 2.76. The fourth-order valence-corrected chi connectivity index (χ4v) is 5.08. The Hall–Kier alpha value is -3.42. The first-order chi connectivity index (χ1) is 15.0. The number of nitrogens with zero attached hydrogens (tertiary/aromatic N) is 5. The van der Waals surface area contributed by atoms with Crippen molar-refractivity contribution in [2.24, 2.45) is 5.92 Å². The van der Waals surface area contributed by atoms with Gasteiger partial charge in [-0.2, -0.15) is 0 Å². The SMILES string of the molecule is Cc1ccc(NC(=O)N2C3CC(C)CC2(c2ncccn2)C3)cc1-c1ncc(F)cn1. The average molecular weight is 418 g/mol. The lowest BCUT2D eigenvalue weighted by Gasteiger charge is -2.62. The molecule has 0 saturated carbocycles. The van der Waals surface area contributed by atoms with Crippen molar-refractivity contribution < 1.29 is 9.18 Å². The molecule has 4 heterocycles. The highest BCUT2D eigenvalue weighted by Crippen LogP contribution is 2.54. The van der Waals surface area contributed by atoms with E-state index in [1.165, 1.54) is 0 Å². The number of hydrogen-bond acceptors (Lipinski definition) is 5. The van der Waals surface area contributed by atoms with Crippen molar-refractivity contribution in [2.45, 2.75) is 44.7 Å². The van der Waals surface area contributed by atoms with E-state index >= 15 is 0 Å². The molecule has 0 spiro atoms. The normalized spacial score (nSPS) is 24.4. The highest BCUT2D eigenvalue weighted by Gasteiger charge is 2.60. The Labute approximate surface area is 179 Å². The van der Waals surface area contributed by atoms with Crippen molar-refractivity contribution in [3.8, 4) is 11.4 Å². The maximum Gasteiger partial charge on any atom is 0.322 e. The van der Waals surface area contributed by atoms with E-state index < -0.39 is 11.4 Å². The van der Waals surface area contributed by atoms with Crippen LogP contribution in [0, 0.1) is 18.7 Å². The van der Waals surface area contributed by atoms with Gasteiger partial charge in [-0.3, -0.25) is 0 Å². The van der Waals surface area contributed by atoms with Crippen molar-refractivity contribution in [3.63, 3.8) is 0 Å². The van der Waals surface area contributed by atoms with E-state index in [1.54, 1.807) is 18.5 Å². The van der Waals surface area contributed by atoms with Crippen molar-refractivity contribution in [3.05, 3.63) is 66.3 Å². The molecule has 5 rings (SSSR count). The van der Waals surface area contributed by atoms with Gasteiger partial charge in [0.25, 0.3) is 0 Å². The molecule has 2 amide bonds. The van der Waals surface area contributed by atoms with Gasteiger partial charge in [0.1, 0.15) is 5.54 Å². The number of fused-ring (bicyclic) bond motifs is 2. The summed E-state index contributed by atoms with van der Waals surface area (Å²) in [5.41, 5.74) is 1.87. The Morgan fingerprint density at radius 3 is 2.65 bits per heavy atom. The molecule has 8 heteroatoms. The highest BCUT2D eigenvalue weighted by atomic mass is 19.1. The maximum absolute atomic E-state index is 13.3. The number of amides is 2. The molecule has 3 atom stereocenters. The topological polar surface area (TPSA) is 83.9 Å². The highest BCUT2D eigenvalue weighted by molar-refractivity contribution is 5.92. The summed E-state index contributed by atoms with van der Waals surface area (Å²) in [5, 5.41) is 3.03. The Bertz CT molecular complexity index is 1120. The second-order valence-electron chi connectivity index (χ2n) is 8.56. The lowest BCUT2D eigenvalue weighted by Crippen LogP contribution is -2.70. The molecule has 0 radical (unpaired) electrons. The predicted molar refractivity (Wildman–Crippen MR) is 114 cm³/mol. The number of nitrogens with one attached hydrogen (secondary N) is 1. The lowest BCUT2D eigenvalue weighted by molar-refractivity contribution is -0.100. The van der Waals surface area contributed by atoms with Crippen LogP contribution in [-0.2, 0) is 5.54 Å². The number of urea groups is 1. The van der Waals surface area contributed by atoms with E-state index in [9.17, 15) is 9.18 Å². The van der Waals surface area contributed by atoms with Crippen LogP contribution in [-0.4, -0.2) is 36.9 Å². The summed E-state index contributed by atoms with van der Waals surface area (Å²) in [6, 6.07) is 7.38. The summed E-state index contributed by atoms with van der Waals surface area (Å²) in [7, 11) is 0. The molecule has 2 aliphatic heterocycles. The summed E-state index contributed by atoms with van der Waals surface area (Å²) in [5.74, 6) is 1.14. The number of piperidine rings is 1. The molecule has 2 fully saturated rings. The van der Waals surface area contributed by atoms with Gasteiger partial charge < -0.3 is 10.2 Å². The second-order valence-corrected chi connectivity index (χ2v) is 8.56. The van der Waals surface area contributed by atoms with Gasteiger partial charge in [-0.15, -0.1) is 0 Å². The first kappa shape index (κ1) is 19.5. The van der Waals surface area contributed by atoms with Crippen LogP contribution in [0.3, 0.4) is 0 Å². The fourth-order valence-electron chi connectivity index (χ4n) is 5.08. The van der Waals surface area contributed by atoms with Gasteiger partial charge in [-0.25, -0.2) is 29.1 Å². The second kappa shape index (κ2) is 7.37. The van der Waals surface area contributed by atoms with Crippen LogP contribution in [0.1, 0.15) is 37.6 Å². The molecule has 2 saturated heterocycles. The van der Waals surface area contributed by atoms with Crippen molar-refractivity contribution in [1.82, 2.24) is 24.8 Å². The largest absolute Gasteiger partial charge is 0.322 e. The third kappa shape index (κ3) is 3.32. The summed E-state index contributed by atoms with van der Waals surface area (Å²) in [6.45, 7) is 4.14. The van der Waals surface area contributed by atoms with Crippen LogP contribution in [0.5, 0.6) is 0 Å². The van der Waals surface area contributed by atoms with E-state index in [0.717, 1.165) is 42.8 Å². The standard InChI is InChI=1S/C23H23FN6O/c1-14-8-18-11-23(10-14,21-25-6-3-7-26-21)30(18)22(31)29-17-5-4-15(2)19(9-17)20-27-12-16(24)13-28-20/h3-7,9,12-14,18H,8,10-11H2,1-2H3,(H,29,31). The van der Waals surface area contributed by atoms with Crippen molar-refractivity contribution in [1.29, 1.82) is 0 Å². The van der Waals surface area contributed by atoms with E-state index in [4.69, 9.17) is 0 Å². The molecular weight excluding hydrogens is 395 g/mol. The molecule has 2 bridgehead atoms. The van der Waals surface area contributed by atoms with E-state index in [1.807, 2.05) is 30.0 Å². The monoisotopic (exact) mass is 418 g/mol. The molecule has 3 aromatic rings. The van der Waals surface area contributed by atoms with Crippen LogP contribution in [0.4, 0.5) is 14.9 Å². The molecule has 1 aromatic carbocycles. The van der Waals surface area contributed by atoms with Gasteiger partial charge in [0.15, 0.2) is 17.5 Å². The number of halogens is 1. The summed E-state index contributed by atoms with van der Waals surface area (Å²) in [6.07, 6.45) is 8.45. The Morgan fingerprint density at radius 1 is 1.16 bits per heavy atom. The van der Waals surface area contributed by atoms with Crippen LogP contribution in [0.25, 0.3) is 11.4 Å². The summed E-state index contributed by atoms with van der Waals surface area (Å²) < 4.78 is 13.2. The Kier molecular flexibility index (Phi) is 4.64. The first-order valence-electron chi connectivity index (χ1n) is 10.4. The summed E-state index contributed by atoms with van der Waals surface area (Å²) >= 11 is 0. The number of carbonyl (C=O) groups is 1. The molecule has 2 aliphatic rings. The van der Waals surface area contributed by atoms with Crippen LogP contribution in [0.2, 0.25) is 0 Å². The summed E-state index contributed by atoms with van der Waals surface area (Å²) in [4.78, 5) is 32.4. The van der Waals surface area contributed by atoms with Gasteiger partial charge in [0.05, 0.1) is 12.4 Å². The van der Waals surface area contributed by atoms with Crippen LogP contribution < -0.4 is 5.32 Å². The third-order valence-corrected chi connectivity index (χ3v) is 6.31. The Balaban J connectivity index is 1.42. The number of aromatic nitrogens is 4. The minimum absolute atomic E-state index is 0.162. The van der Waals surface area contributed by atoms with E-state index in [2.05, 4.69) is 32.2 Å². The number of rotatable bonds is 3. The van der Waals surface area contributed by atoms with Crippen LogP contribution >= 0.6 is 0 Å². The third-order valence-electron chi connectivity index (χ3n) is 6.31. The van der Waals surface area contributed by atoms with Crippen molar-refractivity contribution >= 4 is 11.7 Å². The molecule has 3 unspecified atom stereocenters. The van der Waals surface area contributed by atoms with Crippen molar-refractivity contribution in [2.75, 3.05) is 5.32 Å². The van der Waals surface area contributed by atoms with Gasteiger partial charge in [0.2, 0.25) is 0 Å². The number of aryl methyl sites for hydroxylation is 1. The number of carbonyl (C=O) groups excluding carboxylic acids is 1. The molecule has 158 valence electrons.